The third kappa shape index (κ3) is 3.32. The zero-order valence-corrected chi connectivity index (χ0v) is 13.1. The summed E-state index contributed by atoms with van der Waals surface area (Å²) < 4.78 is 26.1. The summed E-state index contributed by atoms with van der Waals surface area (Å²) in [7, 11) is 0. The van der Waals surface area contributed by atoms with Crippen molar-refractivity contribution in [2.24, 2.45) is 0 Å². The van der Waals surface area contributed by atoms with Gasteiger partial charge in [-0.05, 0) is 68.1 Å². The van der Waals surface area contributed by atoms with Crippen LogP contribution in [0.4, 0.5) is 8.78 Å². The number of amides is 1. The Morgan fingerprint density at radius 1 is 0.955 bits per heavy atom. The van der Waals surface area contributed by atoms with Crippen LogP contribution in [-0.2, 0) is 0 Å². The topological polar surface area (TPSA) is 29.1 Å². The molecular formula is C18H19F2NO. The molecule has 1 N–H and O–H groups in total. The van der Waals surface area contributed by atoms with E-state index in [0.717, 1.165) is 28.8 Å². The predicted molar refractivity (Wildman–Crippen MR) is 82.9 cm³/mol. The SMILES string of the molecule is Cc1cc(C)c([C@H](C)NC(=O)c2ccc(F)c(F)c2)cc1C. The maximum atomic E-state index is 13.2. The molecule has 2 aromatic rings. The Kier molecular flexibility index (Phi) is 4.59. The van der Waals surface area contributed by atoms with Crippen LogP contribution in [0.15, 0.2) is 30.3 Å². The van der Waals surface area contributed by atoms with E-state index in [1.165, 1.54) is 11.6 Å². The first kappa shape index (κ1) is 16.1. The van der Waals surface area contributed by atoms with E-state index in [-0.39, 0.29) is 11.6 Å². The molecule has 0 unspecified atom stereocenters. The van der Waals surface area contributed by atoms with Crippen LogP contribution in [0, 0.1) is 32.4 Å². The van der Waals surface area contributed by atoms with Crippen LogP contribution < -0.4 is 5.32 Å². The second kappa shape index (κ2) is 6.26. The minimum absolute atomic E-state index is 0.104. The van der Waals surface area contributed by atoms with E-state index in [1.54, 1.807) is 0 Å². The van der Waals surface area contributed by atoms with E-state index in [4.69, 9.17) is 0 Å². The van der Waals surface area contributed by atoms with E-state index < -0.39 is 17.5 Å². The zero-order valence-electron chi connectivity index (χ0n) is 13.1. The summed E-state index contributed by atoms with van der Waals surface area (Å²) in [5.41, 5.74) is 4.54. The third-order valence-electron chi connectivity index (χ3n) is 3.88. The van der Waals surface area contributed by atoms with Gasteiger partial charge in [0.25, 0.3) is 5.91 Å². The second-order valence-corrected chi connectivity index (χ2v) is 5.62. The van der Waals surface area contributed by atoms with Gasteiger partial charge in [-0.25, -0.2) is 8.78 Å². The molecule has 22 heavy (non-hydrogen) atoms. The molecule has 0 saturated carbocycles. The van der Waals surface area contributed by atoms with E-state index in [2.05, 4.69) is 11.4 Å². The van der Waals surface area contributed by atoms with E-state index >= 15 is 0 Å². The summed E-state index contributed by atoms with van der Waals surface area (Å²) in [6, 6.07) is 7.03. The predicted octanol–water partition coefficient (Wildman–Crippen LogP) is 4.38. The summed E-state index contributed by atoms with van der Waals surface area (Å²) in [5.74, 6) is -2.42. The van der Waals surface area contributed by atoms with E-state index in [1.807, 2.05) is 33.8 Å². The first-order chi connectivity index (χ1) is 10.3. The number of hydrogen-bond donors (Lipinski definition) is 1. The first-order valence-electron chi connectivity index (χ1n) is 7.13. The number of rotatable bonds is 3. The quantitative estimate of drug-likeness (QED) is 0.895. The van der Waals surface area contributed by atoms with Crippen LogP contribution in [0.5, 0.6) is 0 Å². The fraction of sp³-hybridized carbons (Fsp3) is 0.278. The van der Waals surface area contributed by atoms with Gasteiger partial charge in [-0.2, -0.15) is 0 Å². The molecule has 0 heterocycles. The number of hydrogen-bond acceptors (Lipinski definition) is 1. The molecule has 2 rings (SSSR count). The molecule has 116 valence electrons. The maximum Gasteiger partial charge on any atom is 0.251 e. The van der Waals surface area contributed by atoms with Crippen molar-refractivity contribution in [2.75, 3.05) is 0 Å². The van der Waals surface area contributed by atoms with Crippen LogP contribution in [0.25, 0.3) is 0 Å². The number of aryl methyl sites for hydroxylation is 3. The van der Waals surface area contributed by atoms with Crippen molar-refractivity contribution >= 4 is 5.91 Å². The van der Waals surface area contributed by atoms with E-state index in [9.17, 15) is 13.6 Å². The van der Waals surface area contributed by atoms with Gasteiger partial charge in [0.1, 0.15) is 0 Å². The van der Waals surface area contributed by atoms with Gasteiger partial charge in [0.15, 0.2) is 11.6 Å². The lowest BCUT2D eigenvalue weighted by Crippen LogP contribution is -2.27. The van der Waals surface area contributed by atoms with Crippen LogP contribution in [-0.4, -0.2) is 5.91 Å². The van der Waals surface area contributed by atoms with Crippen LogP contribution in [0.3, 0.4) is 0 Å². The molecule has 0 aliphatic heterocycles. The average molecular weight is 303 g/mol. The van der Waals surface area contributed by atoms with Gasteiger partial charge in [0.05, 0.1) is 6.04 Å². The van der Waals surface area contributed by atoms with Gasteiger partial charge in [-0.15, -0.1) is 0 Å². The van der Waals surface area contributed by atoms with Crippen molar-refractivity contribution in [3.05, 3.63) is 69.8 Å². The zero-order chi connectivity index (χ0) is 16.4. The highest BCUT2D eigenvalue weighted by Crippen LogP contribution is 2.22. The van der Waals surface area contributed by atoms with Crippen molar-refractivity contribution < 1.29 is 13.6 Å². The molecule has 0 aromatic heterocycles. The Morgan fingerprint density at radius 3 is 2.23 bits per heavy atom. The summed E-state index contributed by atoms with van der Waals surface area (Å²) in [4.78, 5) is 12.2. The second-order valence-electron chi connectivity index (χ2n) is 5.62. The van der Waals surface area contributed by atoms with E-state index in [0.29, 0.717) is 0 Å². The monoisotopic (exact) mass is 303 g/mol. The Hall–Kier alpha value is -2.23. The van der Waals surface area contributed by atoms with Gasteiger partial charge in [0.2, 0.25) is 0 Å². The largest absolute Gasteiger partial charge is 0.346 e. The number of carbonyl (C=O) groups is 1. The van der Waals surface area contributed by atoms with Crippen molar-refractivity contribution in [3.8, 4) is 0 Å². The summed E-state index contributed by atoms with van der Waals surface area (Å²) in [6.45, 7) is 7.91. The molecule has 0 aliphatic rings. The fourth-order valence-corrected chi connectivity index (χ4v) is 2.44. The molecule has 0 fully saturated rings. The van der Waals surface area contributed by atoms with Crippen molar-refractivity contribution in [1.82, 2.24) is 5.32 Å². The lowest BCUT2D eigenvalue weighted by molar-refractivity contribution is 0.0939. The number of nitrogens with one attached hydrogen (secondary N) is 1. The third-order valence-corrected chi connectivity index (χ3v) is 3.88. The highest BCUT2D eigenvalue weighted by atomic mass is 19.2. The Labute approximate surface area is 129 Å². The van der Waals surface area contributed by atoms with Crippen LogP contribution in [0.1, 0.15) is 45.6 Å². The number of benzene rings is 2. The van der Waals surface area contributed by atoms with Crippen molar-refractivity contribution in [2.45, 2.75) is 33.7 Å². The molecule has 0 saturated heterocycles. The smallest absolute Gasteiger partial charge is 0.251 e. The Balaban J connectivity index is 2.21. The molecule has 4 heteroatoms. The van der Waals surface area contributed by atoms with Crippen molar-refractivity contribution in [1.29, 1.82) is 0 Å². The molecule has 0 radical (unpaired) electrons. The summed E-state index contributed by atoms with van der Waals surface area (Å²) >= 11 is 0. The van der Waals surface area contributed by atoms with Crippen LogP contribution in [0.2, 0.25) is 0 Å². The minimum atomic E-state index is -1.03. The van der Waals surface area contributed by atoms with Crippen LogP contribution >= 0.6 is 0 Å². The van der Waals surface area contributed by atoms with Gasteiger partial charge in [0, 0.05) is 5.56 Å². The standard InChI is InChI=1S/C18H19F2NO/c1-10-7-12(3)15(8-11(10)2)13(4)21-18(22)14-5-6-16(19)17(20)9-14/h5-9,13H,1-4H3,(H,21,22)/t13-/m0/s1. The van der Waals surface area contributed by atoms with Gasteiger partial charge in [-0.1, -0.05) is 12.1 Å². The number of halogens is 2. The average Bonchev–Trinajstić information content (AvgIpc) is 2.45. The fourth-order valence-electron chi connectivity index (χ4n) is 2.44. The number of carbonyl (C=O) groups excluding carboxylic acids is 1. The molecule has 0 aliphatic carbocycles. The molecule has 0 bridgehead atoms. The highest BCUT2D eigenvalue weighted by molar-refractivity contribution is 5.94. The Morgan fingerprint density at radius 2 is 1.59 bits per heavy atom. The molecule has 1 amide bonds. The summed E-state index contributed by atoms with van der Waals surface area (Å²) in [6.07, 6.45) is 0. The molecule has 2 nitrogen and oxygen atoms in total. The molecule has 2 aromatic carbocycles. The normalized spacial score (nSPS) is 12.1. The lowest BCUT2D eigenvalue weighted by Gasteiger charge is -2.18. The lowest BCUT2D eigenvalue weighted by atomic mass is 9.96. The molecule has 1 atom stereocenters. The van der Waals surface area contributed by atoms with Gasteiger partial charge >= 0.3 is 0 Å². The Bertz CT molecular complexity index is 725. The molecule has 0 spiro atoms. The first-order valence-corrected chi connectivity index (χ1v) is 7.13. The van der Waals surface area contributed by atoms with Crippen molar-refractivity contribution in [3.63, 3.8) is 0 Å². The van der Waals surface area contributed by atoms with Gasteiger partial charge in [-0.3, -0.25) is 4.79 Å². The molecular weight excluding hydrogens is 284 g/mol. The van der Waals surface area contributed by atoms with Gasteiger partial charge < -0.3 is 5.32 Å². The highest BCUT2D eigenvalue weighted by Gasteiger charge is 2.15. The summed E-state index contributed by atoms with van der Waals surface area (Å²) in [5, 5.41) is 2.82. The maximum absolute atomic E-state index is 13.2. The minimum Gasteiger partial charge on any atom is -0.346 e.